The minimum atomic E-state index is -0.347. The van der Waals surface area contributed by atoms with Crippen LogP contribution in [0.4, 0.5) is 5.82 Å². The number of benzene rings is 1. The number of aliphatic hydroxyl groups is 1. The second-order valence-corrected chi connectivity index (χ2v) is 4.97. The Balaban J connectivity index is 1.86. The summed E-state index contributed by atoms with van der Waals surface area (Å²) in [5, 5.41) is 23.1. The number of nitrogens with one attached hydrogen (secondary N) is 1. The van der Waals surface area contributed by atoms with E-state index in [1.54, 1.807) is 0 Å². The molecule has 1 unspecified atom stereocenters. The molecule has 1 heterocycles. The number of hydrogen-bond acceptors (Lipinski definition) is 4. The zero-order valence-corrected chi connectivity index (χ0v) is 10.5. The molecule has 96 valence electrons. The molecule has 1 aromatic carbocycles. The molecule has 19 heavy (non-hydrogen) atoms. The smallest absolute Gasteiger partial charge is 0.144 e. The summed E-state index contributed by atoms with van der Waals surface area (Å²) in [6, 6.07) is 11.7. The number of fused-ring (bicyclic) bond motifs is 1. The van der Waals surface area contributed by atoms with E-state index in [-0.39, 0.29) is 6.10 Å². The molecule has 0 spiro atoms. The number of nitrogens with zero attached hydrogens (tertiary/aromatic N) is 2. The molecule has 1 aliphatic carbocycles. The van der Waals surface area contributed by atoms with Crippen LogP contribution < -0.4 is 5.32 Å². The fourth-order valence-electron chi connectivity index (χ4n) is 2.18. The van der Waals surface area contributed by atoms with Gasteiger partial charge in [0.2, 0.25) is 0 Å². The topological polar surface area (TPSA) is 68.9 Å². The summed E-state index contributed by atoms with van der Waals surface area (Å²) in [6.45, 7) is 0.449. The average Bonchev–Trinajstić information content (AvgIpc) is 3.28. The molecule has 3 rings (SSSR count). The normalized spacial score (nSPS) is 16.0. The Hall–Kier alpha value is -2.12. The number of aliphatic hydroxyl groups excluding tert-OH is 1. The second-order valence-electron chi connectivity index (χ2n) is 4.97. The predicted octanol–water partition coefficient (Wildman–Crippen LogP) is 2.29. The first-order valence-corrected chi connectivity index (χ1v) is 6.50. The zero-order chi connectivity index (χ0) is 13.2. The lowest BCUT2D eigenvalue weighted by Crippen LogP contribution is -2.22. The van der Waals surface area contributed by atoms with Crippen molar-refractivity contribution in [3.05, 3.63) is 35.9 Å². The Bertz CT molecular complexity index is 643. The van der Waals surface area contributed by atoms with Gasteiger partial charge in [0.15, 0.2) is 0 Å². The highest BCUT2D eigenvalue weighted by Gasteiger charge is 2.29. The lowest BCUT2D eigenvalue weighted by Gasteiger charge is -2.12. The van der Waals surface area contributed by atoms with Crippen LogP contribution in [0.25, 0.3) is 10.9 Å². The van der Waals surface area contributed by atoms with Crippen molar-refractivity contribution in [1.82, 2.24) is 4.98 Å². The van der Waals surface area contributed by atoms with E-state index < -0.39 is 0 Å². The molecule has 1 saturated carbocycles. The van der Waals surface area contributed by atoms with E-state index in [4.69, 9.17) is 0 Å². The van der Waals surface area contributed by atoms with Gasteiger partial charge in [0.05, 0.1) is 17.2 Å². The maximum absolute atomic E-state index is 9.85. The molecule has 0 amide bonds. The molecule has 0 saturated heterocycles. The van der Waals surface area contributed by atoms with Gasteiger partial charge < -0.3 is 10.4 Å². The van der Waals surface area contributed by atoms with Gasteiger partial charge in [0.25, 0.3) is 0 Å². The number of anilines is 1. The third-order valence-electron chi connectivity index (χ3n) is 3.49. The fourth-order valence-corrected chi connectivity index (χ4v) is 2.18. The average molecular weight is 253 g/mol. The van der Waals surface area contributed by atoms with Crippen LogP contribution in [0.15, 0.2) is 30.3 Å². The van der Waals surface area contributed by atoms with Crippen LogP contribution in [0.1, 0.15) is 18.4 Å². The standard InChI is InChI=1S/C15H15N3O/c16-8-12-7-11-3-1-2-4-13(11)18-15(12)17-9-14(19)10-5-6-10/h1-4,7,10,14,19H,5-6,9H2,(H,17,18). The third-order valence-corrected chi connectivity index (χ3v) is 3.49. The van der Waals surface area contributed by atoms with Crippen molar-refractivity contribution in [2.75, 3.05) is 11.9 Å². The van der Waals surface area contributed by atoms with Crippen LogP contribution in [0.5, 0.6) is 0 Å². The highest BCUT2D eigenvalue weighted by molar-refractivity contribution is 5.82. The quantitative estimate of drug-likeness (QED) is 0.877. The summed E-state index contributed by atoms with van der Waals surface area (Å²) in [5.74, 6) is 0.972. The summed E-state index contributed by atoms with van der Waals surface area (Å²) in [6.07, 6.45) is 1.85. The van der Waals surface area contributed by atoms with E-state index in [0.717, 1.165) is 23.7 Å². The lowest BCUT2D eigenvalue weighted by atomic mass is 10.1. The van der Waals surface area contributed by atoms with Gasteiger partial charge in [-0.2, -0.15) is 5.26 Å². The summed E-state index contributed by atoms with van der Waals surface area (Å²) in [7, 11) is 0. The van der Waals surface area contributed by atoms with E-state index in [9.17, 15) is 10.4 Å². The number of para-hydroxylation sites is 1. The van der Waals surface area contributed by atoms with Crippen LogP contribution in [0.2, 0.25) is 0 Å². The SMILES string of the molecule is N#Cc1cc2ccccc2nc1NCC(O)C1CC1. The van der Waals surface area contributed by atoms with Crippen molar-refractivity contribution in [2.45, 2.75) is 18.9 Å². The monoisotopic (exact) mass is 253 g/mol. The summed E-state index contributed by atoms with van der Waals surface area (Å²) >= 11 is 0. The Morgan fingerprint density at radius 3 is 2.95 bits per heavy atom. The number of aromatic nitrogens is 1. The van der Waals surface area contributed by atoms with E-state index in [2.05, 4.69) is 16.4 Å². The highest BCUT2D eigenvalue weighted by atomic mass is 16.3. The largest absolute Gasteiger partial charge is 0.391 e. The van der Waals surface area contributed by atoms with Crippen molar-refractivity contribution in [3.8, 4) is 6.07 Å². The van der Waals surface area contributed by atoms with Crippen LogP contribution in [-0.4, -0.2) is 22.7 Å². The van der Waals surface area contributed by atoms with Gasteiger partial charge in [0.1, 0.15) is 11.9 Å². The van der Waals surface area contributed by atoms with Gasteiger partial charge in [-0.05, 0) is 30.9 Å². The molecular weight excluding hydrogens is 238 g/mol. The van der Waals surface area contributed by atoms with Gasteiger partial charge in [-0.3, -0.25) is 0 Å². The summed E-state index contributed by atoms with van der Waals surface area (Å²) < 4.78 is 0. The van der Waals surface area contributed by atoms with Gasteiger partial charge in [0, 0.05) is 11.9 Å². The molecule has 1 aliphatic rings. The van der Waals surface area contributed by atoms with Crippen molar-refractivity contribution in [2.24, 2.45) is 5.92 Å². The van der Waals surface area contributed by atoms with Crippen molar-refractivity contribution >= 4 is 16.7 Å². The summed E-state index contributed by atoms with van der Waals surface area (Å²) in [4.78, 5) is 4.45. The minimum Gasteiger partial charge on any atom is -0.391 e. The first-order chi connectivity index (χ1) is 9.28. The molecule has 2 aromatic rings. The van der Waals surface area contributed by atoms with Crippen molar-refractivity contribution in [3.63, 3.8) is 0 Å². The van der Waals surface area contributed by atoms with E-state index in [1.165, 1.54) is 0 Å². The number of pyridine rings is 1. The highest BCUT2D eigenvalue weighted by Crippen LogP contribution is 2.32. The molecule has 4 nitrogen and oxygen atoms in total. The van der Waals surface area contributed by atoms with Crippen molar-refractivity contribution < 1.29 is 5.11 Å². The third kappa shape index (κ3) is 2.51. The maximum atomic E-state index is 9.85. The van der Waals surface area contributed by atoms with E-state index in [1.807, 2.05) is 30.3 Å². The van der Waals surface area contributed by atoms with Crippen LogP contribution >= 0.6 is 0 Å². The molecule has 0 radical (unpaired) electrons. The molecule has 0 bridgehead atoms. The first kappa shape index (κ1) is 11.9. The van der Waals surface area contributed by atoms with Gasteiger partial charge in [-0.15, -0.1) is 0 Å². The number of rotatable bonds is 4. The Kier molecular flexibility index (Phi) is 3.06. The fraction of sp³-hybridized carbons (Fsp3) is 0.333. The number of nitriles is 1. The van der Waals surface area contributed by atoms with E-state index in [0.29, 0.717) is 23.8 Å². The van der Waals surface area contributed by atoms with Gasteiger partial charge in [-0.25, -0.2) is 4.98 Å². The first-order valence-electron chi connectivity index (χ1n) is 6.50. The van der Waals surface area contributed by atoms with Crippen molar-refractivity contribution in [1.29, 1.82) is 5.26 Å². The molecule has 1 atom stereocenters. The molecule has 1 fully saturated rings. The Morgan fingerprint density at radius 1 is 1.42 bits per heavy atom. The second kappa shape index (κ2) is 4.87. The number of hydrogen-bond donors (Lipinski definition) is 2. The zero-order valence-electron chi connectivity index (χ0n) is 10.5. The Morgan fingerprint density at radius 2 is 2.21 bits per heavy atom. The molecule has 1 aromatic heterocycles. The summed E-state index contributed by atoms with van der Waals surface area (Å²) in [5.41, 5.74) is 1.37. The predicted molar refractivity (Wildman–Crippen MR) is 73.7 cm³/mol. The van der Waals surface area contributed by atoms with Gasteiger partial charge >= 0.3 is 0 Å². The van der Waals surface area contributed by atoms with Crippen LogP contribution in [0.3, 0.4) is 0 Å². The maximum Gasteiger partial charge on any atom is 0.144 e. The van der Waals surface area contributed by atoms with Gasteiger partial charge in [-0.1, -0.05) is 18.2 Å². The lowest BCUT2D eigenvalue weighted by molar-refractivity contribution is 0.164. The molecule has 0 aliphatic heterocycles. The molecular formula is C15H15N3O. The minimum absolute atomic E-state index is 0.347. The van der Waals surface area contributed by atoms with Crippen LogP contribution in [-0.2, 0) is 0 Å². The van der Waals surface area contributed by atoms with E-state index >= 15 is 0 Å². The van der Waals surface area contributed by atoms with Crippen LogP contribution in [0, 0.1) is 17.2 Å². The molecule has 4 heteroatoms. The molecule has 2 N–H and O–H groups in total. The Labute approximate surface area is 111 Å².